The zero-order chi connectivity index (χ0) is 17.6. The molecular weight excluding hydrogens is 322 g/mol. The van der Waals surface area contributed by atoms with E-state index in [4.69, 9.17) is 4.74 Å². The van der Waals surface area contributed by atoms with Crippen LogP contribution in [-0.4, -0.2) is 63.6 Å². The number of nitrogens with zero attached hydrogens (tertiary/aromatic N) is 1. The summed E-state index contributed by atoms with van der Waals surface area (Å²) in [6.07, 6.45) is 6.31. The van der Waals surface area contributed by atoms with E-state index in [2.05, 4.69) is 18.0 Å². The van der Waals surface area contributed by atoms with Crippen molar-refractivity contribution in [2.45, 2.75) is 49.5 Å². The quantitative estimate of drug-likeness (QED) is 0.655. The second-order valence-electron chi connectivity index (χ2n) is 8.15. The van der Waals surface area contributed by atoms with Crippen LogP contribution in [0.4, 0.5) is 0 Å². The van der Waals surface area contributed by atoms with E-state index < -0.39 is 29.2 Å². The molecule has 0 amide bonds. The van der Waals surface area contributed by atoms with Gasteiger partial charge in [-0.25, -0.2) is 0 Å². The highest BCUT2D eigenvalue weighted by Gasteiger charge is 2.71. The molecule has 0 saturated carbocycles. The number of piperidine rings is 1. The van der Waals surface area contributed by atoms with Crippen molar-refractivity contribution in [1.82, 2.24) is 4.90 Å². The normalized spacial score (nSPS) is 47.5. The van der Waals surface area contributed by atoms with Crippen LogP contribution >= 0.6 is 0 Å². The fourth-order valence-corrected chi connectivity index (χ4v) is 6.29. The first kappa shape index (κ1) is 15.6. The van der Waals surface area contributed by atoms with Crippen LogP contribution < -0.4 is 0 Å². The molecule has 25 heavy (non-hydrogen) atoms. The first-order chi connectivity index (χ1) is 11.9. The lowest BCUT2D eigenvalue weighted by atomic mass is 9.50. The molecule has 2 fully saturated rings. The highest BCUT2D eigenvalue weighted by atomic mass is 16.5. The van der Waals surface area contributed by atoms with E-state index in [1.54, 1.807) is 12.2 Å². The summed E-state index contributed by atoms with van der Waals surface area (Å²) in [6.45, 7) is 0.881. The lowest BCUT2D eigenvalue weighted by Crippen LogP contribution is -2.61. The number of rotatable bonds is 2. The van der Waals surface area contributed by atoms with E-state index in [0.29, 0.717) is 12.5 Å². The van der Waals surface area contributed by atoms with Crippen LogP contribution in [0, 0.1) is 11.3 Å². The molecule has 2 bridgehead atoms. The van der Waals surface area contributed by atoms with Gasteiger partial charge in [-0.3, -0.25) is 4.79 Å². The Labute approximate surface area is 146 Å². The fraction of sp³-hybridized carbons (Fsp3) is 0.632. The van der Waals surface area contributed by atoms with Crippen molar-refractivity contribution in [1.29, 1.82) is 0 Å². The summed E-state index contributed by atoms with van der Waals surface area (Å²) in [5.74, 6) is -0.821. The van der Waals surface area contributed by atoms with Crippen LogP contribution in [0.1, 0.15) is 25.7 Å². The monoisotopic (exact) mass is 345 g/mol. The molecule has 3 aliphatic carbocycles. The Hall–Kier alpha value is -1.63. The summed E-state index contributed by atoms with van der Waals surface area (Å²) in [5, 5.41) is 30.9. The Morgan fingerprint density at radius 3 is 3.00 bits per heavy atom. The maximum atomic E-state index is 11.6. The number of hydrogen-bond acceptors (Lipinski definition) is 5. The molecule has 6 atom stereocenters. The van der Waals surface area contributed by atoms with Crippen molar-refractivity contribution >= 4 is 5.97 Å². The molecule has 2 saturated heterocycles. The Kier molecular flexibility index (Phi) is 2.97. The molecule has 0 aromatic rings. The number of aliphatic carboxylic acids is 1. The average molecular weight is 345 g/mol. The number of carboxylic acid groups (broad SMARTS) is 1. The van der Waals surface area contributed by atoms with Crippen LogP contribution in [0.15, 0.2) is 35.1 Å². The van der Waals surface area contributed by atoms with Gasteiger partial charge in [0.15, 0.2) is 5.60 Å². The van der Waals surface area contributed by atoms with E-state index in [9.17, 15) is 20.1 Å². The van der Waals surface area contributed by atoms with Crippen LogP contribution in [-0.2, 0) is 9.53 Å². The maximum Gasteiger partial charge on any atom is 0.307 e. The molecule has 2 aliphatic heterocycles. The van der Waals surface area contributed by atoms with Crippen molar-refractivity contribution in [3.8, 4) is 0 Å². The molecule has 0 radical (unpaired) electrons. The van der Waals surface area contributed by atoms with Crippen LogP contribution in [0.3, 0.4) is 0 Å². The highest BCUT2D eigenvalue weighted by Crippen LogP contribution is 2.68. The molecule has 0 aromatic carbocycles. The van der Waals surface area contributed by atoms with Gasteiger partial charge in [-0.2, -0.15) is 0 Å². The summed E-state index contributed by atoms with van der Waals surface area (Å²) < 4.78 is 6.31. The predicted octanol–water partition coefficient (Wildman–Crippen LogP) is 1.38. The SMILES string of the molecule is CN1CC[C@]23C4=C5CC=C(O)C4(CC(=O)O)O[C@H]2[C@@H](O)C=C[C@H]3[C@H]1C5. The Bertz CT molecular complexity index is 755. The molecule has 1 spiro atoms. The summed E-state index contributed by atoms with van der Waals surface area (Å²) in [7, 11) is 2.13. The van der Waals surface area contributed by atoms with Gasteiger partial charge >= 0.3 is 5.97 Å². The largest absolute Gasteiger partial charge is 0.509 e. The maximum absolute atomic E-state index is 11.6. The minimum Gasteiger partial charge on any atom is -0.509 e. The number of ether oxygens (including phenoxy) is 1. The first-order valence-corrected chi connectivity index (χ1v) is 8.99. The summed E-state index contributed by atoms with van der Waals surface area (Å²) >= 11 is 0. The topological polar surface area (TPSA) is 90.2 Å². The Morgan fingerprint density at radius 2 is 2.24 bits per heavy atom. The first-order valence-electron chi connectivity index (χ1n) is 8.99. The molecule has 3 N–H and O–H groups in total. The Morgan fingerprint density at radius 1 is 1.44 bits per heavy atom. The minimum absolute atomic E-state index is 0.000697. The lowest BCUT2D eigenvalue weighted by molar-refractivity contribution is -0.149. The van der Waals surface area contributed by atoms with Crippen LogP contribution in [0.5, 0.6) is 0 Å². The van der Waals surface area contributed by atoms with Gasteiger partial charge < -0.3 is 25.0 Å². The number of carboxylic acids is 1. The zero-order valence-corrected chi connectivity index (χ0v) is 14.2. The van der Waals surface area contributed by atoms with Gasteiger partial charge in [0, 0.05) is 17.4 Å². The summed E-state index contributed by atoms with van der Waals surface area (Å²) in [4.78, 5) is 14.0. The fourth-order valence-electron chi connectivity index (χ4n) is 6.29. The molecule has 5 rings (SSSR count). The molecule has 2 heterocycles. The van der Waals surface area contributed by atoms with E-state index in [1.165, 1.54) is 5.57 Å². The molecule has 1 unspecified atom stereocenters. The van der Waals surface area contributed by atoms with Gasteiger partial charge in [-0.05, 0) is 44.5 Å². The van der Waals surface area contributed by atoms with Crippen molar-refractivity contribution in [3.05, 3.63) is 35.1 Å². The number of aliphatic hydroxyl groups excluding tert-OH is 2. The summed E-state index contributed by atoms with van der Waals surface area (Å²) in [5.41, 5.74) is 0.439. The van der Waals surface area contributed by atoms with E-state index >= 15 is 0 Å². The highest BCUT2D eigenvalue weighted by molar-refractivity contribution is 5.72. The number of hydrogen-bond donors (Lipinski definition) is 3. The van der Waals surface area contributed by atoms with Crippen molar-refractivity contribution in [2.75, 3.05) is 13.6 Å². The second kappa shape index (κ2) is 4.75. The number of aliphatic hydroxyl groups is 2. The van der Waals surface area contributed by atoms with Gasteiger partial charge in [0.25, 0.3) is 0 Å². The van der Waals surface area contributed by atoms with Crippen LogP contribution in [0.2, 0.25) is 0 Å². The third-order valence-corrected chi connectivity index (χ3v) is 7.15. The zero-order valence-electron chi connectivity index (χ0n) is 14.2. The predicted molar refractivity (Wildman–Crippen MR) is 88.9 cm³/mol. The second-order valence-corrected chi connectivity index (χ2v) is 8.15. The minimum atomic E-state index is -1.31. The third kappa shape index (κ3) is 1.68. The third-order valence-electron chi connectivity index (χ3n) is 7.15. The Balaban J connectivity index is 1.78. The molecule has 0 aromatic heterocycles. The smallest absolute Gasteiger partial charge is 0.307 e. The molecule has 6 heteroatoms. The van der Waals surface area contributed by atoms with Crippen molar-refractivity contribution < 1.29 is 24.9 Å². The molecule has 5 aliphatic rings. The number of likely N-dealkylation sites (tertiary alicyclic amines) is 1. The number of allylic oxidation sites excluding steroid dienone is 1. The van der Waals surface area contributed by atoms with E-state index in [0.717, 1.165) is 25.0 Å². The van der Waals surface area contributed by atoms with E-state index in [-0.39, 0.29) is 18.1 Å². The van der Waals surface area contributed by atoms with Gasteiger partial charge in [0.05, 0.1) is 18.6 Å². The van der Waals surface area contributed by atoms with Gasteiger partial charge in [0.2, 0.25) is 0 Å². The summed E-state index contributed by atoms with van der Waals surface area (Å²) in [6, 6.07) is 0.330. The van der Waals surface area contributed by atoms with Gasteiger partial charge in [0.1, 0.15) is 5.76 Å². The van der Waals surface area contributed by atoms with Crippen molar-refractivity contribution in [2.24, 2.45) is 11.3 Å². The van der Waals surface area contributed by atoms with E-state index in [1.807, 2.05) is 0 Å². The average Bonchev–Trinajstić information content (AvgIpc) is 2.86. The van der Waals surface area contributed by atoms with Gasteiger partial charge in [-0.15, -0.1) is 0 Å². The van der Waals surface area contributed by atoms with Crippen molar-refractivity contribution in [3.63, 3.8) is 0 Å². The van der Waals surface area contributed by atoms with Crippen LogP contribution in [0.25, 0.3) is 0 Å². The molecule has 6 nitrogen and oxygen atoms in total. The molecule has 134 valence electrons. The standard InChI is InChI=1S/C19H23NO5/c1-20-7-6-18-11-3-4-13(21)17(18)25-19(9-15(23)24)14(22)5-2-10(16(18)19)8-12(11)20/h3-5,11-13,17,21-22H,2,6-9H2,1H3,(H,23,24)/t11-,12+,13-,17-,18-,19?/m0/s1. The number of carbonyl (C=O) groups is 1. The van der Waals surface area contributed by atoms with Gasteiger partial charge in [-0.1, -0.05) is 17.7 Å². The molecular formula is C19H23NO5. The lowest BCUT2D eigenvalue weighted by Gasteiger charge is -2.58.